The van der Waals surface area contributed by atoms with Gasteiger partial charge in [-0.2, -0.15) is 0 Å². The van der Waals surface area contributed by atoms with Crippen molar-refractivity contribution < 1.29 is 14.4 Å². The van der Waals surface area contributed by atoms with Crippen molar-refractivity contribution in [1.29, 1.82) is 0 Å². The van der Waals surface area contributed by atoms with Crippen molar-refractivity contribution in [2.75, 3.05) is 4.90 Å². The van der Waals surface area contributed by atoms with Gasteiger partial charge in [0.25, 0.3) is 0 Å². The second kappa shape index (κ2) is 9.73. The number of para-hydroxylation sites is 1. The Morgan fingerprint density at radius 1 is 0.477 bits per heavy atom. The quantitative estimate of drug-likeness (QED) is 0.199. The lowest BCUT2D eigenvalue weighted by Crippen LogP contribution is -2.45. The molecule has 0 spiro atoms. The molecule has 0 N–H and O–H groups in total. The number of anilines is 1. The number of rotatable bonds is 5. The minimum atomic E-state index is -1.43. The largest absolute Gasteiger partial charge is 0.297 e. The van der Waals surface area contributed by atoms with Crippen molar-refractivity contribution in [1.82, 2.24) is 0 Å². The van der Waals surface area contributed by atoms with Crippen molar-refractivity contribution in [3.05, 3.63) is 173 Å². The normalized spacial score (nSPS) is 25.6. The molecule has 44 heavy (non-hydrogen) atoms. The van der Waals surface area contributed by atoms with E-state index in [4.69, 9.17) is 11.6 Å². The topological polar surface area (TPSA) is 54.5 Å². The molecule has 2 amide bonds. The highest BCUT2D eigenvalue weighted by Gasteiger charge is 2.82. The van der Waals surface area contributed by atoms with Crippen LogP contribution < -0.4 is 4.90 Å². The molecule has 5 aromatic rings. The molecule has 1 saturated carbocycles. The van der Waals surface area contributed by atoms with Gasteiger partial charge in [-0.25, -0.2) is 4.90 Å². The molecular weight excluding hydrogens is 566 g/mol. The Kier molecular flexibility index (Phi) is 5.87. The van der Waals surface area contributed by atoms with Crippen LogP contribution in [0.2, 0.25) is 5.02 Å². The average Bonchev–Trinajstić information content (AvgIpc) is 3.59. The third kappa shape index (κ3) is 3.21. The maximum Gasteiger partial charge on any atom is 0.239 e. The van der Waals surface area contributed by atoms with Crippen LogP contribution in [0.3, 0.4) is 0 Å². The number of amides is 2. The number of allylic oxidation sites excluding steroid dienone is 2. The number of fused-ring (bicyclic) bond motifs is 5. The molecule has 0 radical (unpaired) electrons. The van der Waals surface area contributed by atoms with Crippen molar-refractivity contribution >= 4 is 46.0 Å². The monoisotopic (exact) mass is 591 g/mol. The third-order valence-electron chi connectivity index (χ3n) is 9.67. The van der Waals surface area contributed by atoms with Crippen LogP contribution in [-0.4, -0.2) is 17.6 Å². The second-order valence-corrected chi connectivity index (χ2v) is 12.0. The van der Waals surface area contributed by atoms with Crippen LogP contribution in [0.4, 0.5) is 5.69 Å². The van der Waals surface area contributed by atoms with Crippen LogP contribution in [-0.2, 0) is 25.2 Å². The zero-order valence-corrected chi connectivity index (χ0v) is 24.3. The SMILES string of the molecule is O=C1C2C(C(=O)N1c1ccccc1Cl)C1(c3ccccc3)C(=O)C2(c2ccccc2)C(c2ccccc2)=C1c1ccccc1. The smallest absolute Gasteiger partial charge is 0.239 e. The molecule has 1 heterocycles. The molecule has 4 atom stereocenters. The fourth-order valence-corrected chi connectivity index (χ4v) is 8.42. The lowest BCUT2D eigenvalue weighted by Gasteiger charge is -2.39. The van der Waals surface area contributed by atoms with E-state index in [1.165, 1.54) is 4.90 Å². The number of hydrogen-bond donors (Lipinski definition) is 0. The summed E-state index contributed by atoms with van der Waals surface area (Å²) in [7, 11) is 0. The first-order chi connectivity index (χ1) is 21.5. The molecule has 3 aliphatic rings. The van der Waals surface area contributed by atoms with Crippen molar-refractivity contribution in [2.45, 2.75) is 10.8 Å². The van der Waals surface area contributed by atoms with Gasteiger partial charge in [-0.1, -0.05) is 145 Å². The second-order valence-electron chi connectivity index (χ2n) is 11.6. The molecule has 2 aliphatic carbocycles. The zero-order chi connectivity index (χ0) is 30.1. The van der Waals surface area contributed by atoms with Gasteiger partial charge >= 0.3 is 0 Å². The fourth-order valence-electron chi connectivity index (χ4n) is 8.20. The molecule has 8 rings (SSSR count). The Hall–Kier alpha value is -5.06. The molecule has 212 valence electrons. The first kappa shape index (κ1) is 26.6. The molecule has 4 nitrogen and oxygen atoms in total. The molecule has 2 fully saturated rings. The standard InChI is InChI=1S/C39H26ClNO3/c40-29-23-13-14-24-30(29)41-35(42)33-34(36(41)43)39(28-21-11-4-12-22-28)32(26-17-7-2-8-18-26)31(25-15-5-1-6-16-25)38(33,37(39)44)27-19-9-3-10-20-27/h1-24,33-34H. The molecular formula is C39H26ClNO3. The zero-order valence-electron chi connectivity index (χ0n) is 23.6. The summed E-state index contributed by atoms with van der Waals surface area (Å²) in [5.74, 6) is -2.93. The van der Waals surface area contributed by atoms with Gasteiger partial charge in [0.1, 0.15) is 0 Å². The minimum absolute atomic E-state index is 0.143. The Morgan fingerprint density at radius 3 is 1.25 bits per heavy atom. The number of hydrogen-bond acceptors (Lipinski definition) is 3. The van der Waals surface area contributed by atoms with Gasteiger partial charge in [-0.3, -0.25) is 14.4 Å². The summed E-state index contributed by atoms with van der Waals surface area (Å²) in [5, 5.41) is 0.301. The van der Waals surface area contributed by atoms with E-state index in [2.05, 4.69) is 0 Å². The molecule has 5 heteroatoms. The first-order valence-electron chi connectivity index (χ1n) is 14.7. The van der Waals surface area contributed by atoms with E-state index in [-0.39, 0.29) is 5.78 Å². The van der Waals surface area contributed by atoms with E-state index in [0.717, 1.165) is 22.3 Å². The Balaban J connectivity index is 1.57. The van der Waals surface area contributed by atoms with Gasteiger partial charge in [0.05, 0.1) is 33.4 Å². The highest BCUT2D eigenvalue weighted by Crippen LogP contribution is 2.74. The van der Waals surface area contributed by atoms with Crippen molar-refractivity contribution in [2.24, 2.45) is 11.8 Å². The van der Waals surface area contributed by atoms with Crippen LogP contribution in [0.15, 0.2) is 146 Å². The Morgan fingerprint density at radius 2 is 0.841 bits per heavy atom. The summed E-state index contributed by atoms with van der Waals surface area (Å²) >= 11 is 6.64. The fraction of sp³-hybridized carbons (Fsp3) is 0.103. The van der Waals surface area contributed by atoms with E-state index in [1.54, 1.807) is 24.3 Å². The highest BCUT2D eigenvalue weighted by molar-refractivity contribution is 6.41. The summed E-state index contributed by atoms with van der Waals surface area (Å²) in [4.78, 5) is 46.9. The lowest BCUT2D eigenvalue weighted by molar-refractivity contribution is -0.130. The first-order valence-corrected chi connectivity index (χ1v) is 15.1. The predicted molar refractivity (Wildman–Crippen MR) is 172 cm³/mol. The number of benzene rings is 5. The molecule has 2 bridgehead atoms. The van der Waals surface area contributed by atoms with Gasteiger partial charge < -0.3 is 0 Å². The van der Waals surface area contributed by atoms with E-state index in [9.17, 15) is 9.59 Å². The molecule has 5 aromatic carbocycles. The van der Waals surface area contributed by atoms with Gasteiger partial charge in [-0.05, 0) is 45.5 Å². The summed E-state index contributed by atoms with van der Waals surface area (Å²) in [5.41, 5.74) is 2.09. The summed E-state index contributed by atoms with van der Waals surface area (Å²) in [6.07, 6.45) is 0. The number of imide groups is 1. The van der Waals surface area contributed by atoms with Crippen LogP contribution in [0.5, 0.6) is 0 Å². The third-order valence-corrected chi connectivity index (χ3v) is 9.99. The van der Waals surface area contributed by atoms with Crippen LogP contribution in [0.1, 0.15) is 22.3 Å². The van der Waals surface area contributed by atoms with Gasteiger partial charge in [0.15, 0.2) is 5.78 Å². The molecule has 4 unspecified atom stereocenters. The van der Waals surface area contributed by atoms with E-state index in [0.29, 0.717) is 21.8 Å². The van der Waals surface area contributed by atoms with Gasteiger partial charge in [0, 0.05) is 0 Å². The van der Waals surface area contributed by atoms with E-state index in [1.807, 2.05) is 121 Å². The van der Waals surface area contributed by atoms with E-state index >= 15 is 4.79 Å². The van der Waals surface area contributed by atoms with Crippen LogP contribution in [0, 0.1) is 11.8 Å². The maximum atomic E-state index is 15.8. The molecule has 0 aromatic heterocycles. The number of ketones is 1. The van der Waals surface area contributed by atoms with Gasteiger partial charge in [-0.15, -0.1) is 0 Å². The predicted octanol–water partition coefficient (Wildman–Crippen LogP) is 7.53. The highest BCUT2D eigenvalue weighted by atomic mass is 35.5. The Labute approximate surface area is 260 Å². The summed E-state index contributed by atoms with van der Waals surface area (Å²) in [6, 6.07) is 45.6. The summed E-state index contributed by atoms with van der Waals surface area (Å²) in [6.45, 7) is 0. The number of Topliss-reactive ketones (excluding diaryl/α,β-unsaturated/α-hetero) is 1. The molecule has 1 saturated heterocycles. The summed E-state index contributed by atoms with van der Waals surface area (Å²) < 4.78 is 0. The average molecular weight is 592 g/mol. The van der Waals surface area contributed by atoms with Crippen molar-refractivity contribution in [3.63, 3.8) is 0 Å². The van der Waals surface area contributed by atoms with Crippen LogP contribution in [0.25, 0.3) is 11.1 Å². The number of halogens is 1. The number of carbonyl (C=O) groups excluding carboxylic acids is 3. The van der Waals surface area contributed by atoms with E-state index < -0.39 is 34.5 Å². The number of carbonyl (C=O) groups is 3. The molecule has 1 aliphatic heterocycles. The maximum absolute atomic E-state index is 15.8. The van der Waals surface area contributed by atoms with Crippen LogP contribution >= 0.6 is 11.6 Å². The number of nitrogens with zero attached hydrogens (tertiary/aromatic N) is 1. The van der Waals surface area contributed by atoms with Crippen molar-refractivity contribution in [3.8, 4) is 0 Å². The van der Waals surface area contributed by atoms with Gasteiger partial charge in [0.2, 0.25) is 11.8 Å². The lowest BCUT2D eigenvalue weighted by atomic mass is 9.59. The minimum Gasteiger partial charge on any atom is -0.297 e. The Bertz CT molecular complexity index is 1870.